The second kappa shape index (κ2) is 2.66. The third kappa shape index (κ3) is 1.09. The number of aromatic amines is 1. The Labute approximate surface area is 90.5 Å². The fourth-order valence-corrected chi connectivity index (χ4v) is 3.23. The van der Waals surface area contributed by atoms with E-state index in [-0.39, 0.29) is 0 Å². The molecule has 1 heterocycles. The third-order valence-electron chi connectivity index (χ3n) is 3.72. The first-order chi connectivity index (χ1) is 7.09. The van der Waals surface area contributed by atoms with Crippen LogP contribution in [0.4, 0.5) is 0 Å². The molecule has 0 aliphatic heterocycles. The number of aromatic nitrogens is 1. The zero-order valence-corrected chi connectivity index (χ0v) is 9.59. The summed E-state index contributed by atoms with van der Waals surface area (Å²) in [6.45, 7) is 7.04. The van der Waals surface area contributed by atoms with Crippen molar-refractivity contribution in [2.75, 3.05) is 0 Å². The van der Waals surface area contributed by atoms with Gasteiger partial charge in [-0.05, 0) is 29.4 Å². The summed E-state index contributed by atoms with van der Waals surface area (Å²) in [4.78, 5) is 3.58. The summed E-state index contributed by atoms with van der Waals surface area (Å²) in [5, 5.41) is 1.42. The molecule has 1 nitrogen and oxygen atoms in total. The highest BCUT2D eigenvalue weighted by atomic mass is 14.8. The minimum Gasteiger partial charge on any atom is -0.358 e. The molecule has 1 aliphatic carbocycles. The fourth-order valence-electron chi connectivity index (χ4n) is 3.23. The smallest absolute Gasteiger partial charge is 0.0459 e. The van der Waals surface area contributed by atoms with Crippen molar-refractivity contribution in [1.82, 2.24) is 4.98 Å². The van der Waals surface area contributed by atoms with Crippen LogP contribution in [0.1, 0.15) is 44.4 Å². The maximum atomic E-state index is 3.58. The normalized spacial score (nSPS) is 23.3. The van der Waals surface area contributed by atoms with Crippen LogP contribution in [0, 0.1) is 0 Å². The van der Waals surface area contributed by atoms with Crippen LogP contribution in [0.3, 0.4) is 0 Å². The molecule has 2 aromatic rings. The molecular formula is C14H17N. The van der Waals surface area contributed by atoms with E-state index in [2.05, 4.69) is 50.0 Å². The number of rotatable bonds is 0. The lowest BCUT2D eigenvalue weighted by atomic mass is 9.85. The monoisotopic (exact) mass is 199 g/mol. The molecule has 0 saturated heterocycles. The van der Waals surface area contributed by atoms with Crippen molar-refractivity contribution in [3.8, 4) is 0 Å². The number of H-pyrrole nitrogens is 1. The average Bonchev–Trinajstić information content (AvgIpc) is 2.64. The number of hydrogen-bond acceptors (Lipinski definition) is 0. The van der Waals surface area contributed by atoms with Crippen LogP contribution < -0.4 is 0 Å². The molecule has 1 aromatic carbocycles. The summed E-state index contributed by atoms with van der Waals surface area (Å²) in [5.41, 5.74) is 4.63. The predicted molar refractivity (Wildman–Crippen MR) is 64.4 cm³/mol. The van der Waals surface area contributed by atoms with Crippen molar-refractivity contribution in [3.05, 3.63) is 35.5 Å². The Morgan fingerprint density at radius 3 is 2.80 bits per heavy atom. The molecule has 0 radical (unpaired) electrons. The molecule has 0 bridgehead atoms. The Balaban J connectivity index is 2.40. The van der Waals surface area contributed by atoms with Gasteiger partial charge in [-0.1, -0.05) is 39.0 Å². The van der Waals surface area contributed by atoms with Gasteiger partial charge in [0.2, 0.25) is 0 Å². The molecule has 1 aliphatic rings. The highest BCUT2D eigenvalue weighted by Crippen LogP contribution is 2.48. The molecule has 0 fully saturated rings. The summed E-state index contributed by atoms with van der Waals surface area (Å²) >= 11 is 0. The maximum Gasteiger partial charge on any atom is 0.0459 e. The molecule has 0 amide bonds. The van der Waals surface area contributed by atoms with E-state index >= 15 is 0 Å². The molecule has 3 rings (SSSR count). The second-order valence-corrected chi connectivity index (χ2v) is 5.45. The first-order valence-electron chi connectivity index (χ1n) is 5.71. The number of nitrogens with one attached hydrogen (secondary N) is 1. The number of para-hydroxylation sites is 1. The number of fused-ring (bicyclic) bond motifs is 3. The quantitative estimate of drug-likeness (QED) is 0.661. The lowest BCUT2D eigenvalue weighted by molar-refractivity contribution is 0.490. The van der Waals surface area contributed by atoms with Crippen LogP contribution in [0.15, 0.2) is 24.3 Å². The topological polar surface area (TPSA) is 15.8 Å². The lowest BCUT2D eigenvalue weighted by Gasteiger charge is -2.18. The number of hydrogen-bond donors (Lipinski definition) is 1. The maximum absolute atomic E-state index is 3.58. The number of benzene rings is 1. The van der Waals surface area contributed by atoms with Gasteiger partial charge < -0.3 is 4.98 Å². The zero-order chi connectivity index (χ0) is 10.6. The lowest BCUT2D eigenvalue weighted by Crippen LogP contribution is -2.11. The van der Waals surface area contributed by atoms with Crippen molar-refractivity contribution < 1.29 is 0 Å². The summed E-state index contributed by atoms with van der Waals surface area (Å²) < 4.78 is 0. The van der Waals surface area contributed by atoms with Gasteiger partial charge in [-0.2, -0.15) is 0 Å². The van der Waals surface area contributed by atoms with Gasteiger partial charge in [0.05, 0.1) is 0 Å². The Morgan fingerprint density at radius 1 is 1.27 bits per heavy atom. The van der Waals surface area contributed by atoms with Gasteiger partial charge in [0.25, 0.3) is 0 Å². The largest absolute Gasteiger partial charge is 0.358 e. The standard InChI is InChI=1S/C14H17N/c1-9-8-14(2,3)12-10-6-4-5-7-11(10)15-13(9)12/h4-7,9,15H,8H2,1-3H3. The molecule has 1 heteroatoms. The van der Waals surface area contributed by atoms with E-state index in [1.807, 2.05) is 0 Å². The highest BCUT2D eigenvalue weighted by molar-refractivity contribution is 5.86. The Morgan fingerprint density at radius 2 is 2.00 bits per heavy atom. The van der Waals surface area contributed by atoms with Crippen molar-refractivity contribution in [3.63, 3.8) is 0 Å². The molecular weight excluding hydrogens is 182 g/mol. The third-order valence-corrected chi connectivity index (χ3v) is 3.72. The molecule has 0 saturated carbocycles. The summed E-state index contributed by atoms with van der Waals surface area (Å²) in [6.07, 6.45) is 1.26. The van der Waals surface area contributed by atoms with E-state index in [1.165, 1.54) is 23.0 Å². The summed E-state index contributed by atoms with van der Waals surface area (Å²) in [5.74, 6) is 0.669. The Hall–Kier alpha value is -1.24. The Kier molecular flexibility index (Phi) is 1.60. The Bertz CT molecular complexity index is 519. The fraction of sp³-hybridized carbons (Fsp3) is 0.429. The van der Waals surface area contributed by atoms with Gasteiger partial charge in [-0.3, -0.25) is 0 Å². The van der Waals surface area contributed by atoms with E-state index in [1.54, 1.807) is 5.56 Å². The average molecular weight is 199 g/mol. The molecule has 1 unspecified atom stereocenters. The van der Waals surface area contributed by atoms with Crippen molar-refractivity contribution >= 4 is 10.9 Å². The van der Waals surface area contributed by atoms with Crippen LogP contribution in [-0.4, -0.2) is 4.98 Å². The first kappa shape index (κ1) is 9.02. The van der Waals surface area contributed by atoms with Crippen LogP contribution in [0.25, 0.3) is 10.9 Å². The van der Waals surface area contributed by atoms with Gasteiger partial charge in [0, 0.05) is 16.6 Å². The highest BCUT2D eigenvalue weighted by Gasteiger charge is 2.37. The van der Waals surface area contributed by atoms with E-state index in [9.17, 15) is 0 Å². The molecule has 78 valence electrons. The van der Waals surface area contributed by atoms with Crippen molar-refractivity contribution in [2.24, 2.45) is 0 Å². The van der Waals surface area contributed by atoms with E-state index in [0.717, 1.165) is 0 Å². The van der Waals surface area contributed by atoms with Crippen LogP contribution in [-0.2, 0) is 5.41 Å². The van der Waals surface area contributed by atoms with Crippen LogP contribution >= 0.6 is 0 Å². The predicted octanol–water partition coefficient (Wildman–Crippen LogP) is 3.95. The minimum absolute atomic E-state index is 0.328. The van der Waals surface area contributed by atoms with Gasteiger partial charge in [0.1, 0.15) is 0 Å². The van der Waals surface area contributed by atoms with Crippen LogP contribution in [0.5, 0.6) is 0 Å². The van der Waals surface area contributed by atoms with Crippen molar-refractivity contribution in [2.45, 2.75) is 38.5 Å². The van der Waals surface area contributed by atoms with E-state index < -0.39 is 0 Å². The summed E-state index contributed by atoms with van der Waals surface area (Å²) in [6, 6.07) is 8.65. The van der Waals surface area contributed by atoms with Crippen LogP contribution in [0.2, 0.25) is 0 Å². The zero-order valence-electron chi connectivity index (χ0n) is 9.59. The molecule has 1 aromatic heterocycles. The summed E-state index contributed by atoms with van der Waals surface area (Å²) in [7, 11) is 0. The van der Waals surface area contributed by atoms with E-state index in [0.29, 0.717) is 11.3 Å². The molecule has 1 N–H and O–H groups in total. The van der Waals surface area contributed by atoms with Gasteiger partial charge in [-0.15, -0.1) is 0 Å². The molecule has 1 atom stereocenters. The second-order valence-electron chi connectivity index (χ2n) is 5.45. The molecule has 15 heavy (non-hydrogen) atoms. The van der Waals surface area contributed by atoms with Gasteiger partial charge in [-0.25, -0.2) is 0 Å². The minimum atomic E-state index is 0.328. The first-order valence-corrected chi connectivity index (χ1v) is 5.71. The van der Waals surface area contributed by atoms with E-state index in [4.69, 9.17) is 0 Å². The van der Waals surface area contributed by atoms with Gasteiger partial charge >= 0.3 is 0 Å². The SMILES string of the molecule is CC1CC(C)(C)c2c1[nH]c1ccccc21. The molecule has 0 spiro atoms. The van der Waals surface area contributed by atoms with Crippen molar-refractivity contribution in [1.29, 1.82) is 0 Å². The van der Waals surface area contributed by atoms with Gasteiger partial charge in [0.15, 0.2) is 0 Å².